The highest BCUT2D eigenvalue weighted by molar-refractivity contribution is 5.91. The summed E-state index contributed by atoms with van der Waals surface area (Å²) in [6.45, 7) is 0.0460. The van der Waals surface area contributed by atoms with E-state index in [0.29, 0.717) is 0 Å². The number of hydrogen-bond acceptors (Lipinski definition) is 4. The molecule has 0 radical (unpaired) electrons. The van der Waals surface area contributed by atoms with Crippen molar-refractivity contribution in [2.24, 2.45) is 5.73 Å². The molecule has 2 atom stereocenters. The summed E-state index contributed by atoms with van der Waals surface area (Å²) in [4.78, 5) is 11.9. The molecule has 5 heteroatoms. The summed E-state index contributed by atoms with van der Waals surface area (Å²) >= 11 is 0. The van der Waals surface area contributed by atoms with Crippen LogP contribution in [0.1, 0.15) is 32.1 Å². The van der Waals surface area contributed by atoms with Crippen molar-refractivity contribution in [1.82, 2.24) is 0 Å². The van der Waals surface area contributed by atoms with Crippen molar-refractivity contribution in [3.8, 4) is 5.75 Å². The second kappa shape index (κ2) is 8.00. The number of anilines is 1. The predicted molar refractivity (Wildman–Crippen MR) is 82.4 cm³/mol. The third kappa shape index (κ3) is 5.02. The molecule has 0 saturated heterocycles. The van der Waals surface area contributed by atoms with Crippen LogP contribution in [-0.2, 0) is 9.53 Å². The summed E-state index contributed by atoms with van der Waals surface area (Å²) in [5.74, 6) is 0.602. The average molecular weight is 292 g/mol. The Morgan fingerprint density at radius 2 is 1.95 bits per heavy atom. The van der Waals surface area contributed by atoms with E-state index in [1.165, 1.54) is 6.42 Å². The van der Waals surface area contributed by atoms with Crippen LogP contribution in [-0.4, -0.2) is 31.8 Å². The van der Waals surface area contributed by atoms with Gasteiger partial charge >= 0.3 is 0 Å². The lowest BCUT2D eigenvalue weighted by Gasteiger charge is -2.21. The van der Waals surface area contributed by atoms with Crippen molar-refractivity contribution < 1.29 is 14.3 Å². The number of ether oxygens (including phenoxy) is 2. The topological polar surface area (TPSA) is 73.6 Å². The SMILES string of the molecule is COc1ccc(NC(=O)COC2CCCCCC2N)cc1. The highest BCUT2D eigenvalue weighted by Crippen LogP contribution is 2.19. The van der Waals surface area contributed by atoms with Crippen LogP contribution in [0.2, 0.25) is 0 Å². The van der Waals surface area contributed by atoms with Gasteiger partial charge in [-0.15, -0.1) is 0 Å². The van der Waals surface area contributed by atoms with Crippen molar-refractivity contribution in [1.29, 1.82) is 0 Å². The highest BCUT2D eigenvalue weighted by Gasteiger charge is 2.21. The van der Waals surface area contributed by atoms with Crippen LogP contribution in [0.5, 0.6) is 5.75 Å². The number of methoxy groups -OCH3 is 1. The van der Waals surface area contributed by atoms with E-state index in [1.807, 2.05) is 0 Å². The van der Waals surface area contributed by atoms with Crippen molar-refractivity contribution in [3.05, 3.63) is 24.3 Å². The van der Waals surface area contributed by atoms with Gasteiger partial charge in [-0.1, -0.05) is 19.3 Å². The summed E-state index contributed by atoms with van der Waals surface area (Å²) in [5.41, 5.74) is 6.81. The normalized spacial score (nSPS) is 22.4. The van der Waals surface area contributed by atoms with E-state index in [4.69, 9.17) is 15.2 Å². The number of hydrogen-bond donors (Lipinski definition) is 2. The van der Waals surface area contributed by atoms with Crippen molar-refractivity contribution in [2.75, 3.05) is 19.0 Å². The first-order chi connectivity index (χ1) is 10.2. The number of carbonyl (C=O) groups is 1. The Morgan fingerprint density at radius 3 is 2.67 bits per heavy atom. The Bertz CT molecular complexity index is 447. The quantitative estimate of drug-likeness (QED) is 0.817. The fourth-order valence-electron chi connectivity index (χ4n) is 2.56. The van der Waals surface area contributed by atoms with E-state index in [-0.39, 0.29) is 24.7 Å². The van der Waals surface area contributed by atoms with Gasteiger partial charge in [0, 0.05) is 11.7 Å². The molecule has 1 aliphatic rings. The van der Waals surface area contributed by atoms with E-state index >= 15 is 0 Å². The van der Waals surface area contributed by atoms with Crippen LogP contribution >= 0.6 is 0 Å². The van der Waals surface area contributed by atoms with Gasteiger partial charge < -0.3 is 20.5 Å². The molecular weight excluding hydrogens is 268 g/mol. The molecule has 1 amide bonds. The maximum atomic E-state index is 11.9. The second-order valence-electron chi connectivity index (χ2n) is 5.43. The first-order valence-electron chi connectivity index (χ1n) is 7.50. The third-order valence-corrected chi connectivity index (χ3v) is 3.81. The molecule has 21 heavy (non-hydrogen) atoms. The minimum absolute atomic E-state index is 0.00545. The zero-order valence-electron chi connectivity index (χ0n) is 12.5. The van der Waals surface area contributed by atoms with Gasteiger partial charge in [0.15, 0.2) is 0 Å². The molecule has 3 N–H and O–H groups in total. The van der Waals surface area contributed by atoms with Gasteiger partial charge in [-0.2, -0.15) is 0 Å². The standard InChI is InChI=1S/C16H24N2O3/c1-20-13-9-7-12(8-10-13)18-16(19)11-21-15-6-4-2-3-5-14(15)17/h7-10,14-15H,2-6,11,17H2,1H3,(H,18,19). The highest BCUT2D eigenvalue weighted by atomic mass is 16.5. The van der Waals surface area contributed by atoms with Crippen LogP contribution < -0.4 is 15.8 Å². The molecular formula is C16H24N2O3. The van der Waals surface area contributed by atoms with Gasteiger partial charge in [0.05, 0.1) is 13.2 Å². The van der Waals surface area contributed by atoms with E-state index in [2.05, 4.69) is 5.32 Å². The summed E-state index contributed by atoms with van der Waals surface area (Å²) in [7, 11) is 1.61. The summed E-state index contributed by atoms with van der Waals surface area (Å²) in [6.07, 6.45) is 5.39. The van der Waals surface area contributed by atoms with E-state index < -0.39 is 0 Å². The maximum Gasteiger partial charge on any atom is 0.250 e. The minimum Gasteiger partial charge on any atom is -0.497 e. The third-order valence-electron chi connectivity index (χ3n) is 3.81. The molecule has 1 aromatic rings. The Balaban J connectivity index is 1.78. The average Bonchev–Trinajstić information content (AvgIpc) is 2.70. The van der Waals surface area contributed by atoms with Gasteiger partial charge in [0.25, 0.3) is 0 Å². The number of benzene rings is 1. The lowest BCUT2D eigenvalue weighted by atomic mass is 10.1. The van der Waals surface area contributed by atoms with E-state index in [0.717, 1.165) is 37.1 Å². The largest absolute Gasteiger partial charge is 0.497 e. The van der Waals surface area contributed by atoms with Gasteiger partial charge in [0.1, 0.15) is 12.4 Å². The molecule has 0 heterocycles. The zero-order chi connectivity index (χ0) is 15.1. The van der Waals surface area contributed by atoms with Gasteiger partial charge in [-0.25, -0.2) is 0 Å². The van der Waals surface area contributed by atoms with E-state index in [1.54, 1.807) is 31.4 Å². The second-order valence-corrected chi connectivity index (χ2v) is 5.43. The molecule has 1 saturated carbocycles. The Hall–Kier alpha value is -1.59. The summed E-state index contributed by atoms with van der Waals surface area (Å²) in [5, 5.41) is 2.80. The zero-order valence-corrected chi connectivity index (χ0v) is 12.5. The Labute approximate surface area is 125 Å². The number of nitrogens with two attached hydrogens (primary N) is 1. The van der Waals surface area contributed by atoms with Gasteiger partial charge in [-0.05, 0) is 37.1 Å². The minimum atomic E-state index is -0.156. The Kier molecular flexibility index (Phi) is 6.02. The number of amides is 1. The molecule has 0 aromatic heterocycles. The number of rotatable bonds is 5. The van der Waals surface area contributed by atoms with Crippen molar-refractivity contribution >= 4 is 11.6 Å². The fourth-order valence-corrected chi connectivity index (χ4v) is 2.56. The van der Waals surface area contributed by atoms with E-state index in [9.17, 15) is 4.79 Å². The van der Waals surface area contributed by atoms with Gasteiger partial charge in [-0.3, -0.25) is 4.79 Å². The molecule has 0 aliphatic heterocycles. The van der Waals surface area contributed by atoms with Crippen molar-refractivity contribution in [2.45, 2.75) is 44.2 Å². The molecule has 5 nitrogen and oxygen atoms in total. The lowest BCUT2D eigenvalue weighted by molar-refractivity contribution is -0.123. The first-order valence-corrected chi connectivity index (χ1v) is 7.50. The summed E-state index contributed by atoms with van der Waals surface area (Å²) in [6, 6.07) is 7.25. The van der Waals surface area contributed by atoms with Crippen molar-refractivity contribution in [3.63, 3.8) is 0 Å². The van der Waals surface area contributed by atoms with Crippen LogP contribution in [0.4, 0.5) is 5.69 Å². The molecule has 1 fully saturated rings. The molecule has 1 aliphatic carbocycles. The lowest BCUT2D eigenvalue weighted by Crippen LogP contribution is -2.37. The molecule has 116 valence electrons. The van der Waals surface area contributed by atoms with Crippen LogP contribution in [0.25, 0.3) is 0 Å². The first kappa shape index (κ1) is 15.8. The van der Waals surface area contributed by atoms with Crippen LogP contribution in [0, 0.1) is 0 Å². The fraction of sp³-hybridized carbons (Fsp3) is 0.562. The van der Waals surface area contributed by atoms with Gasteiger partial charge in [0.2, 0.25) is 5.91 Å². The molecule has 1 aromatic carbocycles. The van der Waals surface area contributed by atoms with Crippen LogP contribution in [0.15, 0.2) is 24.3 Å². The number of carbonyl (C=O) groups excluding carboxylic acids is 1. The number of nitrogens with one attached hydrogen (secondary N) is 1. The molecule has 2 unspecified atom stereocenters. The Morgan fingerprint density at radius 1 is 1.24 bits per heavy atom. The summed E-state index contributed by atoms with van der Waals surface area (Å²) < 4.78 is 10.8. The monoisotopic (exact) mass is 292 g/mol. The smallest absolute Gasteiger partial charge is 0.250 e. The molecule has 0 spiro atoms. The van der Waals surface area contributed by atoms with Crippen LogP contribution in [0.3, 0.4) is 0 Å². The maximum absolute atomic E-state index is 11.9. The molecule has 0 bridgehead atoms. The predicted octanol–water partition coefficient (Wildman–Crippen LogP) is 2.31. The molecule has 2 rings (SSSR count).